The van der Waals surface area contributed by atoms with E-state index < -0.39 is 9.84 Å². The first kappa shape index (κ1) is 13.4. The summed E-state index contributed by atoms with van der Waals surface area (Å²) in [6.07, 6.45) is 0.952. The fourth-order valence-electron chi connectivity index (χ4n) is 2.32. The maximum Gasteiger partial charge on any atom is 0.180 e. The lowest BCUT2D eigenvalue weighted by Crippen LogP contribution is -2.23. The van der Waals surface area contributed by atoms with E-state index in [-0.39, 0.29) is 11.9 Å². The molecule has 1 aromatic carbocycles. The summed E-state index contributed by atoms with van der Waals surface area (Å²) in [5, 5.41) is 9.57. The first-order valence-corrected chi connectivity index (χ1v) is 7.94. The molecule has 1 fully saturated rings. The molecule has 0 aliphatic carbocycles. The second kappa shape index (κ2) is 5.28. The van der Waals surface area contributed by atoms with E-state index in [2.05, 4.69) is 0 Å². The molecule has 100 valence electrons. The highest BCUT2D eigenvalue weighted by molar-refractivity contribution is 7.91. The smallest absolute Gasteiger partial charge is 0.180 e. The number of anilines is 1. The Labute approximate surface area is 108 Å². The number of para-hydroxylation sites is 1. The summed E-state index contributed by atoms with van der Waals surface area (Å²) >= 11 is 0. The summed E-state index contributed by atoms with van der Waals surface area (Å²) in [7, 11) is -3.22. The molecule has 1 aliphatic rings. The van der Waals surface area contributed by atoms with Gasteiger partial charge in [-0.15, -0.1) is 0 Å². The van der Waals surface area contributed by atoms with E-state index in [0.29, 0.717) is 30.8 Å². The molecule has 0 bridgehead atoms. The number of sulfone groups is 1. The number of hydrogen-bond donors (Lipinski definition) is 1. The van der Waals surface area contributed by atoms with Gasteiger partial charge in [0.2, 0.25) is 0 Å². The van der Waals surface area contributed by atoms with Crippen LogP contribution in [0, 0.1) is 0 Å². The molecule has 1 atom stereocenters. The van der Waals surface area contributed by atoms with Gasteiger partial charge in [0.25, 0.3) is 0 Å². The van der Waals surface area contributed by atoms with E-state index in [1.807, 2.05) is 24.0 Å². The highest BCUT2D eigenvalue weighted by Crippen LogP contribution is 2.29. The topological polar surface area (TPSA) is 57.6 Å². The average Bonchev–Trinajstić information content (AvgIpc) is 2.76. The Hall–Kier alpha value is -1.07. The van der Waals surface area contributed by atoms with E-state index in [0.717, 1.165) is 5.69 Å². The summed E-state index contributed by atoms with van der Waals surface area (Å²) in [5.74, 6) is 0.167. The normalized spacial score (nSPS) is 20.3. The van der Waals surface area contributed by atoms with Crippen LogP contribution in [0.3, 0.4) is 0 Å². The molecule has 18 heavy (non-hydrogen) atoms. The van der Waals surface area contributed by atoms with E-state index in [1.54, 1.807) is 12.1 Å². The van der Waals surface area contributed by atoms with Gasteiger partial charge in [-0.2, -0.15) is 0 Å². The van der Waals surface area contributed by atoms with Gasteiger partial charge in [0.05, 0.1) is 22.4 Å². The molecule has 1 aromatic rings. The summed E-state index contributed by atoms with van der Waals surface area (Å²) in [4.78, 5) is 2.34. The number of nitrogens with zero attached hydrogens (tertiary/aromatic N) is 1. The Kier molecular flexibility index (Phi) is 3.92. The quantitative estimate of drug-likeness (QED) is 0.898. The molecule has 0 amide bonds. The molecule has 5 heteroatoms. The average molecular weight is 269 g/mol. The van der Waals surface area contributed by atoms with Gasteiger partial charge in [0.15, 0.2) is 9.84 Å². The van der Waals surface area contributed by atoms with Crippen molar-refractivity contribution in [3.05, 3.63) is 24.3 Å². The number of rotatable bonds is 4. The van der Waals surface area contributed by atoms with Crippen molar-refractivity contribution in [3.63, 3.8) is 0 Å². The number of hydrogen-bond acceptors (Lipinski definition) is 4. The van der Waals surface area contributed by atoms with Crippen LogP contribution in [0.5, 0.6) is 0 Å². The molecule has 2 rings (SSSR count). The maximum atomic E-state index is 12.2. The molecule has 1 N–H and O–H groups in total. The zero-order valence-corrected chi connectivity index (χ0v) is 11.4. The SMILES string of the molecule is CCCS(=O)(=O)c1ccccc1N1CC[C@H](O)C1. The van der Waals surface area contributed by atoms with E-state index in [4.69, 9.17) is 0 Å². The minimum Gasteiger partial charge on any atom is -0.391 e. The molecular weight excluding hydrogens is 250 g/mol. The van der Waals surface area contributed by atoms with Gasteiger partial charge in [-0.3, -0.25) is 0 Å². The van der Waals surface area contributed by atoms with Crippen LogP contribution in [0.2, 0.25) is 0 Å². The van der Waals surface area contributed by atoms with Crippen molar-refractivity contribution in [1.82, 2.24) is 0 Å². The highest BCUT2D eigenvalue weighted by atomic mass is 32.2. The van der Waals surface area contributed by atoms with Crippen molar-refractivity contribution in [1.29, 1.82) is 0 Å². The Balaban J connectivity index is 2.37. The van der Waals surface area contributed by atoms with Gasteiger partial charge in [0.1, 0.15) is 0 Å². The molecule has 1 saturated heterocycles. The summed E-state index contributed by atoms with van der Waals surface area (Å²) < 4.78 is 24.4. The number of benzene rings is 1. The third kappa shape index (κ3) is 2.67. The van der Waals surface area contributed by atoms with Gasteiger partial charge in [-0.05, 0) is 25.0 Å². The fraction of sp³-hybridized carbons (Fsp3) is 0.538. The number of aliphatic hydroxyl groups is 1. The monoisotopic (exact) mass is 269 g/mol. The Bertz CT molecular complexity index is 513. The first-order chi connectivity index (χ1) is 8.54. The van der Waals surface area contributed by atoms with Crippen molar-refractivity contribution < 1.29 is 13.5 Å². The third-order valence-electron chi connectivity index (χ3n) is 3.18. The zero-order chi connectivity index (χ0) is 13.2. The molecule has 0 unspecified atom stereocenters. The van der Waals surface area contributed by atoms with Crippen molar-refractivity contribution in [2.75, 3.05) is 23.7 Å². The fourth-order valence-corrected chi connectivity index (χ4v) is 3.88. The second-order valence-electron chi connectivity index (χ2n) is 4.68. The van der Waals surface area contributed by atoms with Crippen LogP contribution < -0.4 is 4.90 Å². The van der Waals surface area contributed by atoms with Crippen LogP contribution in [-0.4, -0.2) is 38.5 Å². The lowest BCUT2D eigenvalue weighted by atomic mass is 10.3. The lowest BCUT2D eigenvalue weighted by Gasteiger charge is -2.21. The summed E-state index contributed by atoms with van der Waals surface area (Å²) in [5.41, 5.74) is 0.725. The van der Waals surface area contributed by atoms with Crippen molar-refractivity contribution in [2.45, 2.75) is 30.8 Å². The van der Waals surface area contributed by atoms with Crippen LogP contribution in [0.15, 0.2) is 29.2 Å². The van der Waals surface area contributed by atoms with Gasteiger partial charge in [-0.1, -0.05) is 19.1 Å². The molecule has 0 saturated carbocycles. The second-order valence-corrected chi connectivity index (χ2v) is 6.75. The molecule has 1 aliphatic heterocycles. The van der Waals surface area contributed by atoms with E-state index in [9.17, 15) is 13.5 Å². The van der Waals surface area contributed by atoms with Gasteiger partial charge < -0.3 is 10.0 Å². The minimum absolute atomic E-state index is 0.167. The Morgan fingerprint density at radius 3 is 2.72 bits per heavy atom. The standard InChI is InChI=1S/C13H19NO3S/c1-2-9-18(16,17)13-6-4-3-5-12(13)14-8-7-11(15)10-14/h3-6,11,15H,2,7-10H2,1H3/t11-/m0/s1. The molecule has 0 aromatic heterocycles. The molecule has 0 radical (unpaired) electrons. The predicted molar refractivity (Wildman–Crippen MR) is 71.6 cm³/mol. The highest BCUT2D eigenvalue weighted by Gasteiger charge is 2.26. The minimum atomic E-state index is -3.22. The zero-order valence-electron chi connectivity index (χ0n) is 10.5. The molecule has 4 nitrogen and oxygen atoms in total. The predicted octanol–water partition coefficient (Wildman–Crippen LogP) is 1.44. The van der Waals surface area contributed by atoms with Crippen LogP contribution >= 0.6 is 0 Å². The van der Waals surface area contributed by atoms with Crippen molar-refractivity contribution >= 4 is 15.5 Å². The Morgan fingerprint density at radius 1 is 1.39 bits per heavy atom. The largest absolute Gasteiger partial charge is 0.391 e. The van der Waals surface area contributed by atoms with Crippen LogP contribution in [0.1, 0.15) is 19.8 Å². The van der Waals surface area contributed by atoms with Gasteiger partial charge in [0, 0.05) is 13.1 Å². The van der Waals surface area contributed by atoms with Crippen LogP contribution in [-0.2, 0) is 9.84 Å². The van der Waals surface area contributed by atoms with Crippen LogP contribution in [0.25, 0.3) is 0 Å². The Morgan fingerprint density at radius 2 is 2.11 bits per heavy atom. The third-order valence-corrected chi connectivity index (χ3v) is 5.14. The van der Waals surface area contributed by atoms with Crippen LogP contribution in [0.4, 0.5) is 5.69 Å². The summed E-state index contributed by atoms with van der Waals surface area (Å²) in [6.45, 7) is 3.08. The van der Waals surface area contributed by atoms with Crippen molar-refractivity contribution in [2.24, 2.45) is 0 Å². The number of aliphatic hydroxyl groups excluding tert-OH is 1. The number of β-amino-alcohol motifs (C(OH)–C–C–N with tert-alkyl or cyclic N) is 1. The lowest BCUT2D eigenvalue weighted by molar-refractivity contribution is 0.198. The first-order valence-electron chi connectivity index (χ1n) is 6.29. The van der Waals surface area contributed by atoms with E-state index in [1.165, 1.54) is 0 Å². The molecular formula is C13H19NO3S. The van der Waals surface area contributed by atoms with Gasteiger partial charge in [-0.25, -0.2) is 8.42 Å². The molecule has 0 spiro atoms. The maximum absolute atomic E-state index is 12.2. The van der Waals surface area contributed by atoms with Gasteiger partial charge >= 0.3 is 0 Å². The summed E-state index contributed by atoms with van der Waals surface area (Å²) in [6, 6.07) is 7.06. The molecule has 1 heterocycles. The van der Waals surface area contributed by atoms with Crippen molar-refractivity contribution in [3.8, 4) is 0 Å². The van der Waals surface area contributed by atoms with E-state index >= 15 is 0 Å².